The standard InChI is InChI=1S/C30H58N8O15/c31-2-1-3-36-6-13-19(42)21(44)16(35)27(49-13)51-23-10(33)4-11(38-29(46)30(47)8-37-9-30)17(40)25(23)53-28-22(45)24(14(7-39)50-28)52-26-15(34)20(43)18(41)12(5-32)48-26/h10-28,36-37,39-45,47H,1-9,31-35H2,(H,38,46)/t10-,11+,12-,13+,14+,15+,16+,17-,18+,19+,20+,21+,22+,23+,24+,25+,26+,27+,28-/m0/s1. The first-order valence-corrected chi connectivity index (χ1v) is 17.9. The molecule has 0 unspecified atom stereocenters. The zero-order chi connectivity index (χ0) is 38.8. The Morgan fingerprint density at radius 2 is 1.32 bits per heavy atom. The third kappa shape index (κ3) is 9.11. The number of β-amino-alcohol motifs (C(OH)–C–C–N with tert-alkyl or cyclic N) is 1. The summed E-state index contributed by atoms with van der Waals surface area (Å²) < 4.78 is 35.6. The van der Waals surface area contributed by atoms with Gasteiger partial charge in [0, 0.05) is 32.2 Å². The van der Waals surface area contributed by atoms with Crippen molar-refractivity contribution in [2.45, 2.75) is 135 Å². The Labute approximate surface area is 305 Å². The zero-order valence-electron chi connectivity index (χ0n) is 29.2. The lowest BCUT2D eigenvalue weighted by Crippen LogP contribution is -2.72. The van der Waals surface area contributed by atoms with Crippen molar-refractivity contribution in [2.24, 2.45) is 28.7 Å². The number of aliphatic hydroxyl groups excluding tert-OH is 7. The first-order valence-electron chi connectivity index (χ1n) is 17.9. The maximum atomic E-state index is 13.0. The highest BCUT2D eigenvalue weighted by atomic mass is 16.8. The molecule has 5 fully saturated rings. The van der Waals surface area contributed by atoms with Crippen molar-refractivity contribution in [3.05, 3.63) is 0 Å². The third-order valence-corrected chi connectivity index (χ3v) is 10.6. The van der Waals surface area contributed by atoms with Crippen LogP contribution in [0, 0.1) is 0 Å². The molecule has 0 aromatic rings. The Hall–Kier alpha value is -1.37. The van der Waals surface area contributed by atoms with Crippen LogP contribution in [0.1, 0.15) is 12.8 Å². The molecule has 1 aliphatic carbocycles. The van der Waals surface area contributed by atoms with Gasteiger partial charge < -0.3 is 114 Å². The number of carbonyl (C=O) groups is 1. The fourth-order valence-corrected chi connectivity index (χ4v) is 7.12. The van der Waals surface area contributed by atoms with Crippen LogP contribution in [-0.4, -0.2) is 215 Å². The van der Waals surface area contributed by atoms with Crippen LogP contribution in [0.4, 0.5) is 0 Å². The van der Waals surface area contributed by atoms with Crippen LogP contribution >= 0.6 is 0 Å². The molecule has 1 amide bonds. The molecule has 23 nitrogen and oxygen atoms in total. The van der Waals surface area contributed by atoms with Gasteiger partial charge in [-0.3, -0.25) is 4.79 Å². The van der Waals surface area contributed by atoms with Gasteiger partial charge in [-0.05, 0) is 25.9 Å². The van der Waals surface area contributed by atoms with E-state index in [1.165, 1.54) is 0 Å². The van der Waals surface area contributed by atoms with Gasteiger partial charge in [0.2, 0.25) is 0 Å². The number of aliphatic hydroxyl groups is 8. The lowest BCUT2D eigenvalue weighted by Gasteiger charge is -2.48. The van der Waals surface area contributed by atoms with Gasteiger partial charge in [0.25, 0.3) is 5.91 Å². The molecule has 0 spiro atoms. The highest BCUT2D eigenvalue weighted by Crippen LogP contribution is 2.35. The van der Waals surface area contributed by atoms with Gasteiger partial charge in [0.1, 0.15) is 73.2 Å². The van der Waals surface area contributed by atoms with Gasteiger partial charge in [-0.2, -0.15) is 0 Å². The number of hydrogen-bond acceptors (Lipinski definition) is 22. The fraction of sp³-hybridized carbons (Fsp3) is 0.967. The molecular formula is C30H58N8O15. The SMILES string of the molecule is NCCCNC[C@H]1O[C@H](O[C@H]2[C@H](O[C@@H]3O[C@H](CO)[C@@H](O[C@H]4O[C@@H](CN)[C@@H](O)[C@H](O)[C@H]4N)[C@H]3O)[C@@H](O)[C@H](NC(=O)C3(O)CNC3)C[C@@H]2N)[C@H](N)[C@@H](O)[C@@H]1O. The molecule has 19 atom stereocenters. The number of amides is 1. The van der Waals surface area contributed by atoms with Gasteiger partial charge in [0.15, 0.2) is 24.5 Å². The van der Waals surface area contributed by atoms with Gasteiger partial charge in [-0.1, -0.05) is 0 Å². The number of ether oxygens (including phenoxy) is 6. The molecule has 0 bridgehead atoms. The summed E-state index contributed by atoms with van der Waals surface area (Å²) in [6.45, 7) is 0.0764. The van der Waals surface area contributed by atoms with E-state index in [2.05, 4.69) is 16.0 Å². The maximum absolute atomic E-state index is 13.0. The summed E-state index contributed by atoms with van der Waals surface area (Å²) in [6, 6.07) is -4.76. The smallest absolute Gasteiger partial charge is 0.254 e. The van der Waals surface area contributed by atoms with E-state index in [4.69, 9.17) is 57.1 Å². The van der Waals surface area contributed by atoms with Crippen molar-refractivity contribution >= 4 is 5.91 Å². The van der Waals surface area contributed by atoms with Crippen LogP contribution in [0.5, 0.6) is 0 Å². The topological polar surface area (TPSA) is 400 Å². The predicted octanol–water partition coefficient (Wildman–Crippen LogP) is -10.4. The summed E-state index contributed by atoms with van der Waals surface area (Å²) in [5, 5.41) is 94.5. The van der Waals surface area contributed by atoms with E-state index in [-0.39, 0.29) is 32.6 Å². The molecule has 0 aromatic heterocycles. The molecule has 23 heteroatoms. The predicted molar refractivity (Wildman–Crippen MR) is 178 cm³/mol. The molecule has 21 N–H and O–H groups in total. The van der Waals surface area contributed by atoms with E-state index < -0.39 is 134 Å². The van der Waals surface area contributed by atoms with Crippen molar-refractivity contribution in [1.82, 2.24) is 16.0 Å². The van der Waals surface area contributed by atoms with Crippen LogP contribution in [0.2, 0.25) is 0 Å². The molecule has 5 aliphatic rings. The van der Waals surface area contributed by atoms with Crippen LogP contribution in [-0.2, 0) is 33.2 Å². The van der Waals surface area contributed by atoms with E-state index in [1.807, 2.05) is 0 Å². The lowest BCUT2D eigenvalue weighted by atomic mass is 9.83. The molecule has 4 saturated heterocycles. The van der Waals surface area contributed by atoms with Gasteiger partial charge >= 0.3 is 0 Å². The van der Waals surface area contributed by atoms with Crippen molar-refractivity contribution in [2.75, 3.05) is 45.9 Å². The van der Waals surface area contributed by atoms with Gasteiger partial charge in [-0.25, -0.2) is 0 Å². The average molecular weight is 771 g/mol. The van der Waals surface area contributed by atoms with Gasteiger partial charge in [0.05, 0.1) is 24.7 Å². The number of hydrogen-bond donors (Lipinski definition) is 16. The second kappa shape index (κ2) is 18.3. The highest BCUT2D eigenvalue weighted by molar-refractivity contribution is 5.87. The number of carbonyl (C=O) groups excluding carboxylic acids is 1. The van der Waals surface area contributed by atoms with E-state index in [9.17, 15) is 45.6 Å². The summed E-state index contributed by atoms with van der Waals surface area (Å²) in [6.07, 6.45) is -20.7. The minimum absolute atomic E-state index is 0.0187. The van der Waals surface area contributed by atoms with E-state index in [0.29, 0.717) is 19.5 Å². The minimum Gasteiger partial charge on any atom is -0.394 e. The normalized spacial score (nSPS) is 47.2. The average Bonchev–Trinajstić information content (AvgIpc) is 3.42. The molecule has 5 rings (SSSR count). The fourth-order valence-electron chi connectivity index (χ4n) is 7.12. The minimum atomic E-state index is -1.72. The third-order valence-electron chi connectivity index (χ3n) is 10.6. The van der Waals surface area contributed by atoms with E-state index >= 15 is 0 Å². The molecular weight excluding hydrogens is 712 g/mol. The Morgan fingerprint density at radius 3 is 1.89 bits per heavy atom. The van der Waals surface area contributed by atoms with E-state index in [1.54, 1.807) is 0 Å². The van der Waals surface area contributed by atoms with Crippen molar-refractivity contribution in [3.63, 3.8) is 0 Å². The van der Waals surface area contributed by atoms with Crippen LogP contribution in [0.15, 0.2) is 0 Å². The molecule has 1 saturated carbocycles. The summed E-state index contributed by atoms with van der Waals surface area (Å²) in [5.74, 6) is -0.775. The Balaban J connectivity index is 1.35. The van der Waals surface area contributed by atoms with Crippen molar-refractivity contribution in [3.8, 4) is 0 Å². The molecule has 0 aromatic carbocycles. The number of nitrogens with two attached hydrogens (primary N) is 5. The van der Waals surface area contributed by atoms with Crippen molar-refractivity contribution < 1.29 is 74.1 Å². The number of rotatable bonds is 15. The molecule has 308 valence electrons. The van der Waals surface area contributed by atoms with E-state index in [0.717, 1.165) is 0 Å². The molecule has 0 radical (unpaired) electrons. The molecule has 4 heterocycles. The van der Waals surface area contributed by atoms with Crippen LogP contribution in [0.25, 0.3) is 0 Å². The first-order chi connectivity index (χ1) is 25.1. The second-order valence-electron chi connectivity index (χ2n) is 14.4. The second-order valence-corrected chi connectivity index (χ2v) is 14.4. The first kappa shape index (κ1) is 42.8. The molecule has 53 heavy (non-hydrogen) atoms. The quantitative estimate of drug-likeness (QED) is 0.0687. The van der Waals surface area contributed by atoms with Gasteiger partial charge in [-0.15, -0.1) is 0 Å². The van der Waals surface area contributed by atoms with Crippen molar-refractivity contribution in [1.29, 1.82) is 0 Å². The summed E-state index contributed by atoms with van der Waals surface area (Å²) >= 11 is 0. The Bertz CT molecular complexity index is 1180. The van der Waals surface area contributed by atoms with Crippen LogP contribution < -0.4 is 44.6 Å². The highest BCUT2D eigenvalue weighted by Gasteiger charge is 2.55. The zero-order valence-corrected chi connectivity index (χ0v) is 29.2. The monoisotopic (exact) mass is 770 g/mol. The van der Waals surface area contributed by atoms with Crippen LogP contribution in [0.3, 0.4) is 0 Å². The maximum Gasteiger partial charge on any atom is 0.254 e. The largest absolute Gasteiger partial charge is 0.394 e. The Kier molecular flexibility index (Phi) is 14.7. The number of nitrogens with one attached hydrogen (secondary N) is 3. The summed E-state index contributed by atoms with van der Waals surface area (Å²) in [4.78, 5) is 13.0. The summed E-state index contributed by atoms with van der Waals surface area (Å²) in [7, 11) is 0. The summed E-state index contributed by atoms with van der Waals surface area (Å²) in [5.41, 5.74) is 28.3. The molecule has 4 aliphatic heterocycles. The Morgan fingerprint density at radius 1 is 0.755 bits per heavy atom. The lowest BCUT2D eigenvalue weighted by molar-refractivity contribution is -0.308.